The molecule has 11 heteroatoms. The maximum atomic E-state index is 14.5. The molecule has 2 amide bonds. The fourth-order valence-corrected chi connectivity index (χ4v) is 10.5. The van der Waals surface area contributed by atoms with Crippen LogP contribution in [0.4, 0.5) is 0 Å². The molecule has 4 fully saturated rings. The summed E-state index contributed by atoms with van der Waals surface area (Å²) in [6, 6.07) is 8.04. The van der Waals surface area contributed by atoms with Gasteiger partial charge < -0.3 is 24.7 Å². The quantitative estimate of drug-likeness (QED) is 0.282. The average Bonchev–Trinajstić information content (AvgIpc) is 3.54. The first-order valence-electron chi connectivity index (χ1n) is 13.5. The Morgan fingerprint density at radius 2 is 2.00 bits per heavy atom. The van der Waals surface area contributed by atoms with Crippen LogP contribution >= 0.6 is 27.7 Å². The normalized spacial score (nSPS) is 32.7. The molecule has 0 saturated carbocycles. The number of aliphatic hydroxyl groups is 1. The third kappa shape index (κ3) is 5.16. The Morgan fingerprint density at radius 1 is 1.28 bits per heavy atom. The molecule has 2 bridgehead atoms. The van der Waals surface area contributed by atoms with Crippen LogP contribution < -0.4 is 0 Å². The van der Waals surface area contributed by atoms with Crippen LogP contribution in [0.15, 0.2) is 43.0 Å². The number of hydrogen-bond acceptors (Lipinski definition) is 7. The highest BCUT2D eigenvalue weighted by atomic mass is 79.9. The lowest BCUT2D eigenvalue weighted by atomic mass is 9.71. The standard InChI is InChI=1S/C28H36BrN3O6S/c1-2-8-31(10-9-30-11-13-38-14-12-30)26(35)24-28-16-20(29)23(39-28)21(27(36)37)22(28)25(34)32(24)19(17-33)15-18-6-4-3-5-7-18/h2-7,19-24,33H,1,8-17H2,(H,36,37)/t19-,20?,21+,22+,23+,24?,28?/m1/s1. The molecule has 1 aromatic rings. The van der Waals surface area contributed by atoms with Crippen LogP contribution in [0.3, 0.4) is 0 Å². The molecule has 39 heavy (non-hydrogen) atoms. The summed E-state index contributed by atoms with van der Waals surface area (Å²) in [5, 5.41) is 20.5. The van der Waals surface area contributed by atoms with Gasteiger partial charge in [0.25, 0.3) is 0 Å². The maximum absolute atomic E-state index is 14.5. The van der Waals surface area contributed by atoms with E-state index in [4.69, 9.17) is 4.74 Å². The van der Waals surface area contributed by atoms with Crippen molar-refractivity contribution in [1.82, 2.24) is 14.7 Å². The first kappa shape index (κ1) is 28.6. The number of carboxylic acids is 1. The van der Waals surface area contributed by atoms with Crippen molar-refractivity contribution in [3.05, 3.63) is 48.6 Å². The number of thioether (sulfide) groups is 1. The number of fused-ring (bicyclic) bond motifs is 1. The largest absolute Gasteiger partial charge is 0.481 e. The average molecular weight is 623 g/mol. The van der Waals surface area contributed by atoms with Gasteiger partial charge in [-0.1, -0.05) is 52.3 Å². The summed E-state index contributed by atoms with van der Waals surface area (Å²) in [4.78, 5) is 46.6. The number of alkyl halides is 1. The molecule has 212 valence electrons. The van der Waals surface area contributed by atoms with Gasteiger partial charge in [0.1, 0.15) is 6.04 Å². The summed E-state index contributed by atoms with van der Waals surface area (Å²) in [5.74, 6) is -3.26. The monoisotopic (exact) mass is 621 g/mol. The summed E-state index contributed by atoms with van der Waals surface area (Å²) in [7, 11) is 0. The number of benzene rings is 1. The molecule has 1 aromatic carbocycles. The zero-order valence-electron chi connectivity index (χ0n) is 21.9. The van der Waals surface area contributed by atoms with Gasteiger partial charge >= 0.3 is 5.97 Å². The van der Waals surface area contributed by atoms with E-state index in [0.29, 0.717) is 45.7 Å². The fourth-order valence-electron chi connectivity index (χ4n) is 6.87. The van der Waals surface area contributed by atoms with Gasteiger partial charge in [0.05, 0.1) is 42.4 Å². The summed E-state index contributed by atoms with van der Waals surface area (Å²) < 4.78 is 4.58. The van der Waals surface area contributed by atoms with Crippen LogP contribution in [-0.4, -0.2) is 122 Å². The maximum Gasteiger partial charge on any atom is 0.308 e. The molecule has 0 aromatic heterocycles. The number of aliphatic hydroxyl groups excluding tert-OH is 1. The Bertz CT molecular complexity index is 1090. The van der Waals surface area contributed by atoms with Crippen LogP contribution in [0.2, 0.25) is 0 Å². The van der Waals surface area contributed by atoms with E-state index in [1.807, 2.05) is 30.3 Å². The zero-order valence-corrected chi connectivity index (χ0v) is 24.3. The molecule has 0 radical (unpaired) electrons. The van der Waals surface area contributed by atoms with Crippen molar-refractivity contribution in [2.45, 2.75) is 39.7 Å². The molecule has 4 heterocycles. The molecule has 0 aliphatic carbocycles. The third-order valence-electron chi connectivity index (χ3n) is 8.62. The summed E-state index contributed by atoms with van der Waals surface area (Å²) in [5.41, 5.74) is 0.936. The van der Waals surface area contributed by atoms with E-state index in [-0.39, 0.29) is 28.5 Å². The minimum Gasteiger partial charge on any atom is -0.481 e. The molecule has 4 aliphatic rings. The molecule has 4 saturated heterocycles. The second-order valence-electron chi connectivity index (χ2n) is 10.8. The molecule has 5 rings (SSSR count). The van der Waals surface area contributed by atoms with E-state index >= 15 is 0 Å². The van der Waals surface area contributed by atoms with Crippen LogP contribution in [0, 0.1) is 11.8 Å². The Kier molecular flexibility index (Phi) is 8.73. The number of carboxylic acid groups (broad SMARTS) is 1. The molecule has 3 unspecified atom stereocenters. The van der Waals surface area contributed by atoms with E-state index in [1.165, 1.54) is 11.8 Å². The fraction of sp³-hybridized carbons (Fsp3) is 0.607. The van der Waals surface area contributed by atoms with E-state index in [2.05, 4.69) is 27.4 Å². The molecular weight excluding hydrogens is 586 g/mol. The smallest absolute Gasteiger partial charge is 0.308 e. The number of aliphatic carboxylic acids is 1. The van der Waals surface area contributed by atoms with Crippen LogP contribution in [0.5, 0.6) is 0 Å². The van der Waals surface area contributed by atoms with Crippen molar-refractivity contribution < 1.29 is 29.3 Å². The lowest BCUT2D eigenvalue weighted by molar-refractivity contribution is -0.149. The summed E-state index contributed by atoms with van der Waals surface area (Å²) in [6.07, 6.45) is 2.58. The Labute approximate surface area is 241 Å². The minimum absolute atomic E-state index is 0.120. The molecule has 2 N–H and O–H groups in total. The molecule has 1 spiro atoms. The summed E-state index contributed by atoms with van der Waals surface area (Å²) >= 11 is 5.17. The first-order valence-corrected chi connectivity index (χ1v) is 15.3. The van der Waals surface area contributed by atoms with Crippen molar-refractivity contribution in [2.24, 2.45) is 11.8 Å². The number of halogens is 1. The van der Waals surface area contributed by atoms with Gasteiger partial charge in [-0.3, -0.25) is 19.3 Å². The molecule has 9 nitrogen and oxygen atoms in total. The molecule has 7 atom stereocenters. The number of morpholine rings is 1. The lowest BCUT2D eigenvalue weighted by Gasteiger charge is -2.40. The van der Waals surface area contributed by atoms with E-state index in [9.17, 15) is 24.6 Å². The predicted molar refractivity (Wildman–Crippen MR) is 152 cm³/mol. The van der Waals surface area contributed by atoms with Crippen LogP contribution in [0.1, 0.15) is 12.0 Å². The number of nitrogens with zero attached hydrogens (tertiary/aromatic N) is 3. The number of rotatable bonds is 11. The molecular formula is C28H36BrN3O6S. The number of ether oxygens (including phenoxy) is 1. The first-order chi connectivity index (χ1) is 18.8. The Hall–Kier alpha value is -1.92. The zero-order chi connectivity index (χ0) is 27.7. The second kappa shape index (κ2) is 11.9. The SMILES string of the molecule is C=CCN(CCN1CCOCC1)C(=O)C1N([C@@H](CO)Cc2ccccc2)C(=O)[C@@H]2[C@H](C(=O)O)[C@H]3SC12CC3Br. The van der Waals surface area contributed by atoms with Crippen molar-refractivity contribution in [2.75, 3.05) is 52.5 Å². The van der Waals surface area contributed by atoms with Gasteiger partial charge in [0.2, 0.25) is 11.8 Å². The number of likely N-dealkylation sites (tertiary alicyclic amines) is 1. The molecule has 4 aliphatic heterocycles. The topological polar surface area (TPSA) is 111 Å². The number of carbonyl (C=O) groups is 3. The highest BCUT2D eigenvalue weighted by Gasteiger charge is 2.76. The minimum atomic E-state index is -1.01. The van der Waals surface area contributed by atoms with Gasteiger partial charge in [0, 0.05) is 42.8 Å². The number of carbonyl (C=O) groups excluding carboxylic acids is 2. The van der Waals surface area contributed by atoms with Gasteiger partial charge in [-0.15, -0.1) is 18.3 Å². The number of amides is 2. The van der Waals surface area contributed by atoms with Gasteiger partial charge in [-0.2, -0.15) is 0 Å². The highest BCUT2D eigenvalue weighted by Crippen LogP contribution is 2.68. The van der Waals surface area contributed by atoms with Gasteiger partial charge in [-0.25, -0.2) is 0 Å². The van der Waals surface area contributed by atoms with Crippen LogP contribution in [0.25, 0.3) is 0 Å². The lowest BCUT2D eigenvalue weighted by Crippen LogP contribution is -2.59. The predicted octanol–water partition coefficient (Wildman–Crippen LogP) is 1.49. The third-order valence-corrected chi connectivity index (χ3v) is 11.8. The van der Waals surface area contributed by atoms with Crippen molar-refractivity contribution in [3.63, 3.8) is 0 Å². The second-order valence-corrected chi connectivity index (χ2v) is 13.5. The van der Waals surface area contributed by atoms with Crippen LogP contribution in [-0.2, 0) is 25.5 Å². The van der Waals surface area contributed by atoms with Crippen molar-refractivity contribution >= 4 is 45.5 Å². The van der Waals surface area contributed by atoms with Gasteiger partial charge in [0.15, 0.2) is 0 Å². The van der Waals surface area contributed by atoms with Crippen molar-refractivity contribution in [1.29, 1.82) is 0 Å². The Morgan fingerprint density at radius 3 is 2.64 bits per heavy atom. The number of hydrogen-bond donors (Lipinski definition) is 2. The summed E-state index contributed by atoms with van der Waals surface area (Å²) in [6.45, 7) is 7.89. The van der Waals surface area contributed by atoms with Gasteiger partial charge in [-0.05, 0) is 18.4 Å². The van der Waals surface area contributed by atoms with Crippen molar-refractivity contribution in [3.8, 4) is 0 Å². The Balaban J connectivity index is 1.51. The van der Waals surface area contributed by atoms with E-state index in [0.717, 1.165) is 18.7 Å². The highest BCUT2D eigenvalue weighted by molar-refractivity contribution is 9.09. The van der Waals surface area contributed by atoms with E-state index < -0.39 is 34.6 Å². The van der Waals surface area contributed by atoms with E-state index in [1.54, 1.807) is 15.9 Å².